The van der Waals surface area contributed by atoms with Crippen LogP contribution in [0.2, 0.25) is 0 Å². The second-order valence-electron chi connectivity index (χ2n) is 5.83. The summed E-state index contributed by atoms with van der Waals surface area (Å²) in [4.78, 5) is 4.77. The summed E-state index contributed by atoms with van der Waals surface area (Å²) in [5.41, 5.74) is 3.34. The van der Waals surface area contributed by atoms with Gasteiger partial charge in [0.25, 0.3) is 0 Å². The van der Waals surface area contributed by atoms with Crippen LogP contribution in [-0.2, 0) is 13.2 Å². The Hall–Kier alpha value is -2.59. The van der Waals surface area contributed by atoms with Gasteiger partial charge in [-0.15, -0.1) is 0 Å². The van der Waals surface area contributed by atoms with E-state index in [1.165, 1.54) is 5.56 Å². The van der Waals surface area contributed by atoms with Crippen LogP contribution in [0.4, 0.5) is 0 Å². The molecule has 0 amide bonds. The van der Waals surface area contributed by atoms with E-state index in [1.807, 2.05) is 48.5 Å². The van der Waals surface area contributed by atoms with Gasteiger partial charge in [-0.3, -0.25) is 0 Å². The molecule has 0 aliphatic rings. The number of ether oxygens (including phenoxy) is 1. The third-order valence-corrected chi connectivity index (χ3v) is 4.63. The van der Waals surface area contributed by atoms with E-state index >= 15 is 0 Å². The minimum Gasteiger partial charge on any atom is -0.486 e. The molecule has 0 aliphatic heterocycles. The van der Waals surface area contributed by atoms with Crippen LogP contribution < -0.4 is 4.74 Å². The fourth-order valence-corrected chi connectivity index (χ4v) is 3.11. The van der Waals surface area contributed by atoms with Gasteiger partial charge < -0.3 is 9.30 Å². The van der Waals surface area contributed by atoms with Crippen molar-refractivity contribution in [2.24, 2.45) is 0 Å². The second-order valence-corrected chi connectivity index (χ2v) is 6.75. The lowest BCUT2D eigenvalue weighted by atomic mass is 10.2. The van der Waals surface area contributed by atoms with Crippen molar-refractivity contribution in [3.8, 4) is 5.75 Å². The lowest BCUT2D eigenvalue weighted by Crippen LogP contribution is -2.08. The Morgan fingerprint density at radius 3 is 2.36 bits per heavy atom. The van der Waals surface area contributed by atoms with Gasteiger partial charge in [-0.1, -0.05) is 58.4 Å². The highest BCUT2D eigenvalue weighted by molar-refractivity contribution is 9.10. The highest BCUT2D eigenvalue weighted by Gasteiger charge is 2.11. The van der Waals surface area contributed by atoms with E-state index < -0.39 is 0 Å². The summed E-state index contributed by atoms with van der Waals surface area (Å²) in [5, 5.41) is 0. The lowest BCUT2D eigenvalue weighted by Gasteiger charge is -2.11. The molecule has 0 N–H and O–H groups in total. The van der Waals surface area contributed by atoms with E-state index in [0.29, 0.717) is 6.61 Å². The van der Waals surface area contributed by atoms with E-state index in [2.05, 4.69) is 50.8 Å². The van der Waals surface area contributed by atoms with Gasteiger partial charge in [-0.05, 0) is 42.0 Å². The molecule has 3 aromatic carbocycles. The molecule has 0 aliphatic carbocycles. The Labute approximate surface area is 155 Å². The molecule has 0 spiro atoms. The normalized spacial score (nSPS) is 10.9. The molecule has 25 heavy (non-hydrogen) atoms. The minimum atomic E-state index is 0.440. The summed E-state index contributed by atoms with van der Waals surface area (Å²) in [7, 11) is 0. The number of halogens is 1. The van der Waals surface area contributed by atoms with E-state index in [0.717, 1.165) is 33.6 Å². The molecule has 4 rings (SSSR count). The number of para-hydroxylation sites is 3. The van der Waals surface area contributed by atoms with Crippen LogP contribution in [0, 0.1) is 0 Å². The molecule has 4 aromatic rings. The monoisotopic (exact) mass is 392 g/mol. The maximum absolute atomic E-state index is 5.93. The third kappa shape index (κ3) is 3.59. The Kier molecular flexibility index (Phi) is 4.53. The van der Waals surface area contributed by atoms with Crippen LogP contribution in [-0.4, -0.2) is 9.55 Å². The zero-order valence-corrected chi connectivity index (χ0v) is 15.2. The predicted molar refractivity (Wildman–Crippen MR) is 104 cm³/mol. The van der Waals surface area contributed by atoms with Crippen LogP contribution in [0.25, 0.3) is 11.0 Å². The zero-order valence-electron chi connectivity index (χ0n) is 13.6. The van der Waals surface area contributed by atoms with Crippen molar-refractivity contribution >= 4 is 27.0 Å². The van der Waals surface area contributed by atoms with Gasteiger partial charge in [0.05, 0.1) is 11.0 Å². The fourth-order valence-electron chi connectivity index (χ4n) is 2.85. The van der Waals surface area contributed by atoms with Crippen LogP contribution in [0.1, 0.15) is 11.4 Å². The highest BCUT2D eigenvalue weighted by Crippen LogP contribution is 2.20. The molecule has 124 valence electrons. The SMILES string of the molecule is Brc1ccc(Cn2c(COc3ccccc3)nc3ccccc32)cc1. The zero-order chi connectivity index (χ0) is 17.1. The van der Waals surface area contributed by atoms with Crippen molar-refractivity contribution in [3.63, 3.8) is 0 Å². The molecule has 0 saturated carbocycles. The smallest absolute Gasteiger partial charge is 0.148 e. The quantitative estimate of drug-likeness (QED) is 0.452. The molecule has 1 heterocycles. The molecule has 0 bridgehead atoms. The Morgan fingerprint density at radius 2 is 1.56 bits per heavy atom. The molecule has 4 heteroatoms. The summed E-state index contributed by atoms with van der Waals surface area (Å²) in [6, 6.07) is 26.4. The number of benzene rings is 3. The van der Waals surface area contributed by atoms with Gasteiger partial charge in [0.1, 0.15) is 18.2 Å². The topological polar surface area (TPSA) is 27.1 Å². The first-order chi connectivity index (χ1) is 12.3. The summed E-state index contributed by atoms with van der Waals surface area (Å²) >= 11 is 3.49. The van der Waals surface area contributed by atoms with Crippen LogP contribution in [0.15, 0.2) is 83.3 Å². The largest absolute Gasteiger partial charge is 0.486 e. The first-order valence-corrected chi connectivity index (χ1v) is 8.95. The first kappa shape index (κ1) is 15.9. The molecule has 1 aromatic heterocycles. The average molecular weight is 393 g/mol. The van der Waals surface area contributed by atoms with Crippen LogP contribution in [0.5, 0.6) is 5.75 Å². The number of hydrogen-bond donors (Lipinski definition) is 0. The van der Waals surface area contributed by atoms with Crippen molar-refractivity contribution in [2.75, 3.05) is 0 Å². The number of rotatable bonds is 5. The van der Waals surface area contributed by atoms with E-state index in [1.54, 1.807) is 0 Å². The standard InChI is InChI=1S/C21H17BrN2O/c22-17-12-10-16(11-13-17)14-24-20-9-5-4-8-19(20)23-21(24)15-25-18-6-2-1-3-7-18/h1-13H,14-15H2. The summed E-state index contributed by atoms with van der Waals surface area (Å²) in [6.45, 7) is 1.20. The lowest BCUT2D eigenvalue weighted by molar-refractivity contribution is 0.291. The van der Waals surface area contributed by atoms with Gasteiger partial charge in [0.2, 0.25) is 0 Å². The maximum atomic E-state index is 5.93. The third-order valence-electron chi connectivity index (χ3n) is 4.10. The summed E-state index contributed by atoms with van der Waals surface area (Å²) in [5.74, 6) is 1.78. The van der Waals surface area contributed by atoms with Gasteiger partial charge in [0.15, 0.2) is 0 Å². The fraction of sp³-hybridized carbons (Fsp3) is 0.0952. The van der Waals surface area contributed by atoms with Crippen molar-refractivity contribution in [2.45, 2.75) is 13.2 Å². The van der Waals surface area contributed by atoms with E-state index in [-0.39, 0.29) is 0 Å². The van der Waals surface area contributed by atoms with E-state index in [9.17, 15) is 0 Å². The van der Waals surface area contributed by atoms with Gasteiger partial charge in [-0.2, -0.15) is 0 Å². The number of aromatic nitrogens is 2. The van der Waals surface area contributed by atoms with Crippen molar-refractivity contribution in [3.05, 3.63) is 94.7 Å². The predicted octanol–water partition coefficient (Wildman–Crippen LogP) is 5.43. The van der Waals surface area contributed by atoms with Crippen molar-refractivity contribution < 1.29 is 4.74 Å². The van der Waals surface area contributed by atoms with Crippen molar-refractivity contribution in [1.29, 1.82) is 0 Å². The molecule has 3 nitrogen and oxygen atoms in total. The number of fused-ring (bicyclic) bond motifs is 1. The molecule has 0 unspecified atom stereocenters. The summed E-state index contributed by atoms with van der Waals surface area (Å²) < 4.78 is 9.23. The Morgan fingerprint density at radius 1 is 0.840 bits per heavy atom. The molecule has 0 saturated heterocycles. The Balaban J connectivity index is 1.66. The second kappa shape index (κ2) is 7.11. The first-order valence-electron chi connectivity index (χ1n) is 8.16. The van der Waals surface area contributed by atoms with Gasteiger partial charge in [0, 0.05) is 11.0 Å². The molecule has 0 atom stereocenters. The molecule has 0 radical (unpaired) electrons. The number of hydrogen-bond acceptors (Lipinski definition) is 2. The minimum absolute atomic E-state index is 0.440. The molecular weight excluding hydrogens is 376 g/mol. The van der Waals surface area contributed by atoms with Crippen molar-refractivity contribution in [1.82, 2.24) is 9.55 Å². The van der Waals surface area contributed by atoms with Crippen LogP contribution in [0.3, 0.4) is 0 Å². The van der Waals surface area contributed by atoms with E-state index in [4.69, 9.17) is 9.72 Å². The highest BCUT2D eigenvalue weighted by atomic mass is 79.9. The number of imidazole rings is 1. The maximum Gasteiger partial charge on any atom is 0.148 e. The average Bonchev–Trinajstić information content (AvgIpc) is 3.00. The summed E-state index contributed by atoms with van der Waals surface area (Å²) in [6.07, 6.45) is 0. The molecule has 0 fully saturated rings. The van der Waals surface area contributed by atoms with Crippen LogP contribution >= 0.6 is 15.9 Å². The van der Waals surface area contributed by atoms with Gasteiger partial charge in [-0.25, -0.2) is 4.98 Å². The number of nitrogens with zero attached hydrogens (tertiary/aromatic N) is 2. The van der Waals surface area contributed by atoms with Gasteiger partial charge >= 0.3 is 0 Å². The Bertz CT molecular complexity index is 978. The molecular formula is C21H17BrN2O.